The molecule has 0 aromatic heterocycles. The van der Waals surface area contributed by atoms with Gasteiger partial charge in [0.15, 0.2) is 0 Å². The second-order valence-corrected chi connectivity index (χ2v) is 5.99. The van der Waals surface area contributed by atoms with Crippen LogP contribution in [0.5, 0.6) is 0 Å². The molecule has 0 aliphatic heterocycles. The molecular weight excluding hydrogens is 229 g/mol. The third-order valence-corrected chi connectivity index (χ3v) is 4.02. The summed E-state index contributed by atoms with van der Waals surface area (Å²) in [6.07, 6.45) is 0.830. The number of rotatable bonds is 4. The van der Waals surface area contributed by atoms with Crippen LogP contribution in [0.4, 0.5) is 0 Å². The van der Waals surface area contributed by atoms with E-state index in [4.69, 9.17) is 5.26 Å². The normalized spacial score (nSPS) is 11.9. The number of benzene rings is 1. The van der Waals surface area contributed by atoms with Crippen molar-refractivity contribution >= 4 is 13.8 Å². The number of nitriles is 1. The van der Waals surface area contributed by atoms with E-state index in [-0.39, 0.29) is 5.32 Å². The number of hydrogen-bond acceptors (Lipinski definition) is 2. The average Bonchev–Trinajstić information content (AvgIpc) is 2.17. The van der Waals surface area contributed by atoms with Crippen molar-refractivity contribution in [2.24, 2.45) is 0 Å². The second kappa shape index (κ2) is 5.64. The van der Waals surface area contributed by atoms with E-state index in [0.29, 0.717) is 5.32 Å². The summed E-state index contributed by atoms with van der Waals surface area (Å²) in [5.41, 5.74) is 1.20. The van der Waals surface area contributed by atoms with E-state index < -0.39 is 13.8 Å². The fourth-order valence-electron chi connectivity index (χ4n) is 1.02. The fraction of sp³-hybridized carbons (Fsp3) is 0.300. The summed E-state index contributed by atoms with van der Waals surface area (Å²) in [6, 6.07) is 11.9. The van der Waals surface area contributed by atoms with Crippen molar-refractivity contribution in [1.29, 1.82) is 5.26 Å². The van der Waals surface area contributed by atoms with Crippen LogP contribution in [-0.4, -0.2) is 13.8 Å². The third kappa shape index (κ3) is 3.98. The summed E-state index contributed by atoms with van der Waals surface area (Å²) in [5, 5.41) is 9.24. The standard InChI is InChI=1S/C10H11NOSe/c11-7-9-13(12)8-6-10-4-2-1-3-5-10/h1-5H,6,8-9H2. The Morgan fingerprint density at radius 1 is 1.31 bits per heavy atom. The molecule has 13 heavy (non-hydrogen) atoms. The quantitative estimate of drug-likeness (QED) is 0.757. The van der Waals surface area contributed by atoms with Crippen LogP contribution in [0.15, 0.2) is 30.3 Å². The van der Waals surface area contributed by atoms with E-state index in [9.17, 15) is 3.83 Å². The summed E-state index contributed by atoms with van der Waals surface area (Å²) in [7, 11) is 0. The molecule has 0 fully saturated rings. The summed E-state index contributed by atoms with van der Waals surface area (Å²) in [4.78, 5) is 0. The van der Waals surface area contributed by atoms with Crippen LogP contribution >= 0.6 is 0 Å². The van der Waals surface area contributed by atoms with Crippen molar-refractivity contribution < 1.29 is 3.83 Å². The zero-order valence-corrected chi connectivity index (χ0v) is 8.98. The van der Waals surface area contributed by atoms with Crippen LogP contribution in [0, 0.1) is 11.3 Å². The Bertz CT molecular complexity index is 315. The monoisotopic (exact) mass is 241 g/mol. The minimum atomic E-state index is -1.86. The average molecular weight is 240 g/mol. The molecule has 68 valence electrons. The fourth-order valence-corrected chi connectivity index (χ4v) is 2.60. The molecule has 3 heteroatoms. The SMILES string of the molecule is N#CC[Se](=O)CCc1ccccc1. The van der Waals surface area contributed by atoms with Gasteiger partial charge in [0, 0.05) is 0 Å². The van der Waals surface area contributed by atoms with Crippen molar-refractivity contribution in [3.05, 3.63) is 35.9 Å². The van der Waals surface area contributed by atoms with Crippen molar-refractivity contribution in [2.45, 2.75) is 17.1 Å². The van der Waals surface area contributed by atoms with Crippen LogP contribution in [0.1, 0.15) is 5.56 Å². The Morgan fingerprint density at radius 3 is 2.62 bits per heavy atom. The topological polar surface area (TPSA) is 40.9 Å². The van der Waals surface area contributed by atoms with Crippen LogP contribution in [0.3, 0.4) is 0 Å². The van der Waals surface area contributed by atoms with E-state index in [1.54, 1.807) is 0 Å². The van der Waals surface area contributed by atoms with E-state index in [2.05, 4.69) is 0 Å². The first-order valence-electron chi connectivity index (χ1n) is 4.09. The van der Waals surface area contributed by atoms with Gasteiger partial charge in [-0.1, -0.05) is 0 Å². The summed E-state index contributed by atoms with van der Waals surface area (Å²) in [6.45, 7) is 0. The molecule has 0 saturated heterocycles. The first-order chi connectivity index (χ1) is 6.33. The van der Waals surface area contributed by atoms with Gasteiger partial charge in [0.25, 0.3) is 0 Å². The molecule has 0 aliphatic rings. The van der Waals surface area contributed by atoms with Crippen LogP contribution in [-0.2, 0) is 10.3 Å². The number of aryl methyl sites for hydroxylation is 1. The first-order valence-corrected chi connectivity index (χ1v) is 7.21. The van der Waals surface area contributed by atoms with Gasteiger partial charge in [-0.05, 0) is 0 Å². The Balaban J connectivity index is 2.36. The molecule has 0 heterocycles. The molecule has 2 nitrogen and oxygen atoms in total. The molecule has 0 saturated carbocycles. The van der Waals surface area contributed by atoms with Crippen LogP contribution in [0.25, 0.3) is 0 Å². The van der Waals surface area contributed by atoms with Gasteiger partial charge in [0.05, 0.1) is 0 Å². The van der Waals surface area contributed by atoms with Gasteiger partial charge in [-0.3, -0.25) is 0 Å². The summed E-state index contributed by atoms with van der Waals surface area (Å²) in [5.74, 6) is 0. The molecule has 0 aliphatic carbocycles. The Kier molecular flexibility index (Phi) is 4.38. The molecule has 0 spiro atoms. The predicted octanol–water partition coefficient (Wildman–Crippen LogP) is 2.17. The van der Waals surface area contributed by atoms with Gasteiger partial charge in [-0.15, -0.1) is 0 Å². The maximum absolute atomic E-state index is 11.2. The van der Waals surface area contributed by atoms with Gasteiger partial charge < -0.3 is 0 Å². The zero-order chi connectivity index (χ0) is 9.52. The van der Waals surface area contributed by atoms with Gasteiger partial charge in [-0.2, -0.15) is 0 Å². The molecule has 1 aromatic carbocycles. The number of nitrogens with zero attached hydrogens (tertiary/aromatic N) is 1. The zero-order valence-electron chi connectivity index (χ0n) is 7.27. The van der Waals surface area contributed by atoms with Gasteiger partial charge >= 0.3 is 82.0 Å². The van der Waals surface area contributed by atoms with E-state index in [0.717, 1.165) is 6.42 Å². The van der Waals surface area contributed by atoms with Crippen LogP contribution in [0.2, 0.25) is 10.6 Å². The van der Waals surface area contributed by atoms with Gasteiger partial charge in [-0.25, -0.2) is 0 Å². The molecule has 1 atom stereocenters. The predicted molar refractivity (Wildman–Crippen MR) is 51.8 cm³/mol. The van der Waals surface area contributed by atoms with E-state index in [1.807, 2.05) is 36.4 Å². The molecule has 0 bridgehead atoms. The summed E-state index contributed by atoms with van der Waals surface area (Å²) < 4.78 is 11.2. The second-order valence-electron chi connectivity index (χ2n) is 2.68. The molecule has 0 radical (unpaired) electrons. The van der Waals surface area contributed by atoms with Crippen molar-refractivity contribution in [3.8, 4) is 6.07 Å². The molecular formula is C10H11NOSe. The van der Waals surface area contributed by atoms with Crippen molar-refractivity contribution in [3.63, 3.8) is 0 Å². The van der Waals surface area contributed by atoms with E-state index >= 15 is 0 Å². The van der Waals surface area contributed by atoms with E-state index in [1.165, 1.54) is 5.56 Å². The minimum absolute atomic E-state index is 0.243. The Morgan fingerprint density at radius 2 is 2.00 bits per heavy atom. The van der Waals surface area contributed by atoms with Gasteiger partial charge in [0.1, 0.15) is 0 Å². The molecule has 0 amide bonds. The van der Waals surface area contributed by atoms with Crippen molar-refractivity contribution in [1.82, 2.24) is 0 Å². The Hall–Kier alpha value is -0.971. The molecule has 1 aromatic rings. The number of hydrogen-bond donors (Lipinski definition) is 0. The molecule has 1 rings (SSSR count). The third-order valence-electron chi connectivity index (χ3n) is 1.69. The van der Waals surface area contributed by atoms with Crippen LogP contribution < -0.4 is 0 Å². The first kappa shape index (κ1) is 10.1. The molecule has 1 unspecified atom stereocenters. The Labute approximate surface area is 82.3 Å². The summed E-state index contributed by atoms with van der Waals surface area (Å²) >= 11 is -1.86. The van der Waals surface area contributed by atoms with Gasteiger partial charge in [0.2, 0.25) is 0 Å². The molecule has 0 N–H and O–H groups in total. The maximum atomic E-state index is 11.2. The van der Waals surface area contributed by atoms with Crippen molar-refractivity contribution in [2.75, 3.05) is 0 Å².